The smallest absolute Gasteiger partial charge is 0.256 e. The van der Waals surface area contributed by atoms with E-state index in [2.05, 4.69) is 16.0 Å². The molecule has 28 heavy (non-hydrogen) atoms. The molecular formula is C22H22N4OS. The predicted octanol–water partition coefficient (Wildman–Crippen LogP) is 4.50. The van der Waals surface area contributed by atoms with Crippen molar-refractivity contribution in [2.75, 3.05) is 6.26 Å². The third kappa shape index (κ3) is 3.05. The van der Waals surface area contributed by atoms with Gasteiger partial charge in [-0.1, -0.05) is 42.8 Å². The maximum atomic E-state index is 13.5. The first kappa shape index (κ1) is 17.6. The minimum Gasteiger partial charge on any atom is -0.289 e. The van der Waals surface area contributed by atoms with Crippen LogP contribution in [0.5, 0.6) is 0 Å². The highest BCUT2D eigenvalue weighted by molar-refractivity contribution is 7.98. The van der Waals surface area contributed by atoms with Crippen molar-refractivity contribution in [2.45, 2.75) is 49.7 Å². The van der Waals surface area contributed by atoms with Gasteiger partial charge in [0, 0.05) is 41.7 Å². The van der Waals surface area contributed by atoms with Crippen LogP contribution in [0.15, 0.2) is 51.5 Å². The number of fused-ring (bicyclic) bond motifs is 2. The Morgan fingerprint density at radius 1 is 1.21 bits per heavy atom. The van der Waals surface area contributed by atoms with Crippen LogP contribution in [0, 0.1) is 0 Å². The van der Waals surface area contributed by atoms with Gasteiger partial charge in [-0.25, -0.2) is 9.97 Å². The van der Waals surface area contributed by atoms with Gasteiger partial charge in [0.1, 0.15) is 5.65 Å². The monoisotopic (exact) mass is 390 g/mol. The molecule has 0 unspecified atom stereocenters. The Kier molecular flexibility index (Phi) is 4.51. The van der Waals surface area contributed by atoms with E-state index < -0.39 is 0 Å². The summed E-state index contributed by atoms with van der Waals surface area (Å²) in [6.07, 6.45) is 9.65. The Balaban J connectivity index is 1.60. The standard InChI is InChI=1S/C22H22N4OS/c1-28-22-23-13-16-10-15(12-17-11-14-6-2-5-9-19(14)24-17)21(27)26(20(16)25-22)18-7-3-4-8-18/h2,5-6,9-10,13,18H,3-4,7-8,11-12H2,1H3. The number of hydrogen-bond donors (Lipinski definition) is 0. The molecule has 3 aromatic rings. The van der Waals surface area contributed by atoms with E-state index in [1.807, 2.05) is 41.3 Å². The average Bonchev–Trinajstić information content (AvgIpc) is 3.37. The van der Waals surface area contributed by atoms with Crippen molar-refractivity contribution in [1.29, 1.82) is 0 Å². The first-order valence-electron chi connectivity index (χ1n) is 9.82. The summed E-state index contributed by atoms with van der Waals surface area (Å²) < 4.78 is 1.95. The normalized spacial score (nSPS) is 16.5. The van der Waals surface area contributed by atoms with Gasteiger partial charge in [-0.05, 0) is 36.8 Å². The fourth-order valence-electron chi connectivity index (χ4n) is 4.41. The van der Waals surface area contributed by atoms with Gasteiger partial charge >= 0.3 is 0 Å². The molecule has 0 N–H and O–H groups in total. The Morgan fingerprint density at radius 2 is 2.04 bits per heavy atom. The molecule has 0 amide bonds. The van der Waals surface area contributed by atoms with E-state index in [0.717, 1.165) is 47.3 Å². The van der Waals surface area contributed by atoms with Crippen molar-refractivity contribution >= 4 is 34.2 Å². The molecule has 0 atom stereocenters. The lowest BCUT2D eigenvalue weighted by Gasteiger charge is -2.18. The fourth-order valence-corrected chi connectivity index (χ4v) is 4.74. The number of hydrogen-bond acceptors (Lipinski definition) is 5. The number of nitrogens with zero attached hydrogens (tertiary/aromatic N) is 4. The van der Waals surface area contributed by atoms with Crippen molar-refractivity contribution in [3.05, 3.63) is 58.0 Å². The highest BCUT2D eigenvalue weighted by Crippen LogP contribution is 2.31. The van der Waals surface area contributed by atoms with E-state index in [-0.39, 0.29) is 11.6 Å². The predicted molar refractivity (Wildman–Crippen MR) is 114 cm³/mol. The molecule has 2 aromatic heterocycles. The van der Waals surface area contributed by atoms with Gasteiger partial charge in [0.25, 0.3) is 5.56 Å². The third-order valence-corrected chi connectivity index (χ3v) is 6.32. The lowest BCUT2D eigenvalue weighted by atomic mass is 10.0. The van der Waals surface area contributed by atoms with Crippen LogP contribution in [0.2, 0.25) is 0 Å². The van der Waals surface area contributed by atoms with Gasteiger partial charge < -0.3 is 0 Å². The largest absolute Gasteiger partial charge is 0.289 e. The number of pyridine rings is 1. The van der Waals surface area contributed by atoms with Crippen molar-refractivity contribution in [3.63, 3.8) is 0 Å². The Morgan fingerprint density at radius 3 is 2.82 bits per heavy atom. The second-order valence-electron chi connectivity index (χ2n) is 7.58. The molecule has 0 bridgehead atoms. The number of para-hydroxylation sites is 1. The molecule has 1 fully saturated rings. The minimum absolute atomic E-state index is 0.0869. The average molecular weight is 391 g/mol. The fraction of sp³-hybridized carbons (Fsp3) is 0.364. The van der Waals surface area contributed by atoms with Gasteiger partial charge in [-0.2, -0.15) is 0 Å². The molecule has 1 saturated carbocycles. The van der Waals surface area contributed by atoms with E-state index in [9.17, 15) is 4.79 Å². The van der Waals surface area contributed by atoms with E-state index in [4.69, 9.17) is 4.99 Å². The summed E-state index contributed by atoms with van der Waals surface area (Å²) >= 11 is 1.51. The van der Waals surface area contributed by atoms with Crippen LogP contribution >= 0.6 is 11.8 Å². The first-order chi connectivity index (χ1) is 13.7. The zero-order valence-electron chi connectivity index (χ0n) is 15.9. The lowest BCUT2D eigenvalue weighted by Crippen LogP contribution is -2.29. The molecule has 2 aliphatic rings. The zero-order valence-corrected chi connectivity index (χ0v) is 16.7. The van der Waals surface area contributed by atoms with Crippen LogP contribution in [0.25, 0.3) is 11.0 Å². The topological polar surface area (TPSA) is 60.1 Å². The number of benzene rings is 1. The highest BCUT2D eigenvalue weighted by Gasteiger charge is 2.24. The summed E-state index contributed by atoms with van der Waals surface area (Å²) in [5.74, 6) is 0. The summed E-state index contributed by atoms with van der Waals surface area (Å²) in [7, 11) is 0. The number of thioether (sulfide) groups is 1. The zero-order chi connectivity index (χ0) is 19.1. The maximum Gasteiger partial charge on any atom is 0.256 e. The lowest BCUT2D eigenvalue weighted by molar-refractivity contribution is 0.512. The van der Waals surface area contributed by atoms with Crippen molar-refractivity contribution in [2.24, 2.45) is 4.99 Å². The Bertz CT molecular complexity index is 1140. The van der Waals surface area contributed by atoms with E-state index >= 15 is 0 Å². The Hall–Kier alpha value is -2.47. The molecule has 0 spiro atoms. The van der Waals surface area contributed by atoms with Crippen molar-refractivity contribution in [3.8, 4) is 0 Å². The molecule has 1 aliphatic heterocycles. The summed E-state index contributed by atoms with van der Waals surface area (Å²) in [4.78, 5) is 27.4. The molecule has 6 heteroatoms. The second kappa shape index (κ2) is 7.17. The van der Waals surface area contributed by atoms with Gasteiger partial charge in [0.15, 0.2) is 5.16 Å². The number of aromatic nitrogens is 3. The third-order valence-electron chi connectivity index (χ3n) is 5.76. The molecule has 142 valence electrons. The van der Waals surface area contributed by atoms with Gasteiger partial charge in [-0.3, -0.25) is 14.4 Å². The number of rotatable bonds is 4. The van der Waals surface area contributed by atoms with Crippen molar-refractivity contribution in [1.82, 2.24) is 14.5 Å². The van der Waals surface area contributed by atoms with Gasteiger partial charge in [0.05, 0.1) is 5.69 Å². The van der Waals surface area contributed by atoms with E-state index in [1.165, 1.54) is 30.2 Å². The molecule has 5 nitrogen and oxygen atoms in total. The van der Waals surface area contributed by atoms with Crippen molar-refractivity contribution < 1.29 is 0 Å². The molecule has 0 radical (unpaired) electrons. The van der Waals surface area contributed by atoms with E-state index in [1.54, 1.807) is 0 Å². The number of aliphatic imine (C=N–C) groups is 1. The molecule has 5 rings (SSSR count). The summed E-state index contributed by atoms with van der Waals surface area (Å²) in [6, 6.07) is 10.4. The van der Waals surface area contributed by atoms with Crippen LogP contribution in [0.3, 0.4) is 0 Å². The van der Waals surface area contributed by atoms with Crippen LogP contribution in [0.1, 0.15) is 42.9 Å². The first-order valence-corrected chi connectivity index (χ1v) is 11.0. The summed E-state index contributed by atoms with van der Waals surface area (Å²) in [6.45, 7) is 0. The quantitative estimate of drug-likeness (QED) is 0.486. The van der Waals surface area contributed by atoms with Gasteiger partial charge in [-0.15, -0.1) is 0 Å². The van der Waals surface area contributed by atoms with Gasteiger partial charge in [0.2, 0.25) is 0 Å². The van der Waals surface area contributed by atoms with Crippen LogP contribution < -0.4 is 5.56 Å². The SMILES string of the molecule is CSc1ncc2cc(CC3=Nc4ccccc4C3)c(=O)n(C3CCCC3)c2n1. The molecule has 3 heterocycles. The molecule has 1 aliphatic carbocycles. The summed E-state index contributed by atoms with van der Waals surface area (Å²) in [5, 5.41) is 1.65. The Labute approximate surface area is 167 Å². The van der Waals surface area contributed by atoms with Crippen LogP contribution in [-0.4, -0.2) is 26.5 Å². The molecule has 0 saturated heterocycles. The molecule has 1 aromatic carbocycles. The van der Waals surface area contributed by atoms with Crippen LogP contribution in [-0.2, 0) is 12.8 Å². The van der Waals surface area contributed by atoms with E-state index in [0.29, 0.717) is 11.6 Å². The minimum atomic E-state index is 0.0869. The maximum absolute atomic E-state index is 13.5. The van der Waals surface area contributed by atoms with Crippen LogP contribution in [0.4, 0.5) is 5.69 Å². The molecular weight excluding hydrogens is 368 g/mol. The summed E-state index contributed by atoms with van der Waals surface area (Å²) in [5.41, 5.74) is 4.98. The highest BCUT2D eigenvalue weighted by atomic mass is 32.2. The second-order valence-corrected chi connectivity index (χ2v) is 8.35.